The van der Waals surface area contributed by atoms with Crippen molar-refractivity contribution in [1.29, 1.82) is 0 Å². The van der Waals surface area contributed by atoms with Crippen molar-refractivity contribution in [3.63, 3.8) is 0 Å². The van der Waals surface area contributed by atoms with Crippen molar-refractivity contribution in [2.45, 2.75) is 18.9 Å². The van der Waals surface area contributed by atoms with Crippen LogP contribution in [0.2, 0.25) is 0 Å². The summed E-state index contributed by atoms with van der Waals surface area (Å²) >= 11 is 0. The summed E-state index contributed by atoms with van der Waals surface area (Å²) < 4.78 is 13.2. The fourth-order valence-corrected chi connectivity index (χ4v) is 2.52. The molecule has 0 radical (unpaired) electrons. The number of imide groups is 1. The molecule has 0 bridgehead atoms. The molecule has 2 aliphatic rings. The van der Waals surface area contributed by atoms with Gasteiger partial charge in [-0.3, -0.25) is 19.3 Å². The molecule has 2 aliphatic heterocycles. The van der Waals surface area contributed by atoms with Crippen LogP contribution < -0.4 is 5.32 Å². The summed E-state index contributed by atoms with van der Waals surface area (Å²) in [7, 11) is 0. The maximum absolute atomic E-state index is 13.2. The zero-order valence-electron chi connectivity index (χ0n) is 10.5. The maximum atomic E-state index is 13.2. The third-order valence-electron chi connectivity index (χ3n) is 3.51. The van der Waals surface area contributed by atoms with Crippen LogP contribution in [0.1, 0.15) is 33.6 Å². The first kappa shape index (κ1) is 12.5. The lowest BCUT2D eigenvalue weighted by Crippen LogP contribution is -2.51. The van der Waals surface area contributed by atoms with Crippen LogP contribution >= 0.6 is 0 Å². The number of hydrogen-bond donors (Lipinski definition) is 1. The SMILES string of the molecule is C=C1CCC(N2C(=O)c3ccc([18F])cc3C2=O)C(=O)N1. The van der Waals surface area contributed by atoms with Crippen LogP contribution in [0.5, 0.6) is 0 Å². The second kappa shape index (κ2) is 4.26. The van der Waals surface area contributed by atoms with E-state index in [0.29, 0.717) is 18.5 Å². The molecule has 6 heteroatoms. The molecule has 0 aromatic heterocycles. The van der Waals surface area contributed by atoms with Crippen molar-refractivity contribution in [2.75, 3.05) is 0 Å². The van der Waals surface area contributed by atoms with Crippen LogP contribution in [0.15, 0.2) is 30.5 Å². The number of fused-ring (bicyclic) bond motifs is 1. The summed E-state index contributed by atoms with van der Waals surface area (Å²) in [6.45, 7) is 3.64. The minimum atomic E-state index is -0.865. The third kappa shape index (κ3) is 1.72. The molecule has 1 unspecified atom stereocenters. The highest BCUT2D eigenvalue weighted by Crippen LogP contribution is 2.28. The second-order valence-electron chi connectivity index (χ2n) is 4.82. The van der Waals surface area contributed by atoms with Crippen LogP contribution in [-0.4, -0.2) is 28.7 Å². The smallest absolute Gasteiger partial charge is 0.262 e. The first-order chi connectivity index (χ1) is 9.49. The van der Waals surface area contributed by atoms with E-state index in [-0.39, 0.29) is 11.1 Å². The normalized spacial score (nSPS) is 22.1. The molecule has 0 spiro atoms. The topological polar surface area (TPSA) is 66.5 Å². The van der Waals surface area contributed by atoms with Crippen molar-refractivity contribution < 1.29 is 18.8 Å². The Morgan fingerprint density at radius 2 is 1.90 bits per heavy atom. The van der Waals surface area contributed by atoms with Crippen LogP contribution in [0, 0.1) is 5.82 Å². The predicted molar refractivity (Wildman–Crippen MR) is 67.2 cm³/mol. The number of hydrogen-bond acceptors (Lipinski definition) is 3. The van der Waals surface area contributed by atoms with E-state index in [1.54, 1.807) is 0 Å². The van der Waals surface area contributed by atoms with Gasteiger partial charge in [0.05, 0.1) is 11.1 Å². The first-order valence-corrected chi connectivity index (χ1v) is 6.15. The van der Waals surface area contributed by atoms with Crippen LogP contribution in [0.4, 0.5) is 4.39 Å². The second-order valence-corrected chi connectivity index (χ2v) is 4.82. The van der Waals surface area contributed by atoms with Gasteiger partial charge in [0.2, 0.25) is 5.91 Å². The Kier molecular flexibility index (Phi) is 2.67. The van der Waals surface area contributed by atoms with Crippen molar-refractivity contribution >= 4 is 17.7 Å². The first-order valence-electron chi connectivity index (χ1n) is 6.15. The average Bonchev–Trinajstić information content (AvgIpc) is 2.63. The molecule has 3 amide bonds. The number of allylic oxidation sites excluding steroid dienone is 1. The highest BCUT2D eigenvalue weighted by Gasteiger charge is 2.43. The Hall–Kier alpha value is -2.50. The number of halogens is 1. The van der Waals surface area contributed by atoms with Gasteiger partial charge >= 0.3 is 0 Å². The van der Waals surface area contributed by atoms with Crippen LogP contribution in [0.25, 0.3) is 0 Å². The lowest BCUT2D eigenvalue weighted by molar-refractivity contribution is -0.125. The molecule has 1 atom stereocenters. The fourth-order valence-electron chi connectivity index (χ4n) is 2.52. The van der Waals surface area contributed by atoms with E-state index in [0.717, 1.165) is 17.0 Å². The summed E-state index contributed by atoms with van der Waals surface area (Å²) in [6.07, 6.45) is 0.830. The molecule has 102 valence electrons. The summed E-state index contributed by atoms with van der Waals surface area (Å²) in [4.78, 5) is 37.3. The third-order valence-corrected chi connectivity index (χ3v) is 3.51. The molecule has 1 aromatic rings. The fraction of sp³-hybridized carbons (Fsp3) is 0.214. The highest BCUT2D eigenvalue weighted by atomic mass is 18.2. The van der Waals surface area contributed by atoms with Gasteiger partial charge in [0.15, 0.2) is 0 Å². The van der Waals surface area contributed by atoms with E-state index in [9.17, 15) is 18.8 Å². The maximum Gasteiger partial charge on any atom is 0.262 e. The Balaban J connectivity index is 1.97. The van der Waals surface area contributed by atoms with E-state index < -0.39 is 29.6 Å². The number of piperidine rings is 1. The Morgan fingerprint density at radius 1 is 1.20 bits per heavy atom. The molecule has 1 aromatic carbocycles. The largest absolute Gasteiger partial charge is 0.329 e. The minimum Gasteiger partial charge on any atom is -0.329 e. The van der Waals surface area contributed by atoms with Gasteiger partial charge in [-0.05, 0) is 31.0 Å². The molecule has 0 aliphatic carbocycles. The van der Waals surface area contributed by atoms with Crippen molar-refractivity contribution in [3.8, 4) is 0 Å². The molecule has 1 saturated heterocycles. The van der Waals surface area contributed by atoms with Gasteiger partial charge < -0.3 is 5.32 Å². The summed E-state index contributed by atoms with van der Waals surface area (Å²) in [5, 5.41) is 2.53. The molecule has 1 fully saturated rings. The monoisotopic (exact) mass is 273 g/mol. The molecule has 5 nitrogen and oxygen atoms in total. The van der Waals surface area contributed by atoms with Gasteiger partial charge in [0.25, 0.3) is 11.8 Å². The summed E-state index contributed by atoms with van der Waals surface area (Å²) in [5.41, 5.74) is 0.703. The number of nitrogens with one attached hydrogen (secondary N) is 1. The Bertz CT molecular complexity index is 668. The van der Waals surface area contributed by atoms with E-state index in [1.807, 2.05) is 0 Å². The number of rotatable bonds is 1. The zero-order valence-corrected chi connectivity index (χ0v) is 10.5. The number of carbonyl (C=O) groups is 3. The Labute approximate surface area is 114 Å². The van der Waals surface area contributed by atoms with Crippen molar-refractivity contribution in [1.82, 2.24) is 10.2 Å². The summed E-state index contributed by atoms with van der Waals surface area (Å²) in [6, 6.07) is 2.55. The van der Waals surface area contributed by atoms with E-state index in [4.69, 9.17) is 0 Å². The quantitative estimate of drug-likeness (QED) is 0.782. The van der Waals surface area contributed by atoms with Gasteiger partial charge in [-0.2, -0.15) is 0 Å². The minimum absolute atomic E-state index is 0.00667. The standard InChI is InChI=1S/C14H11FN2O3/c1-7-2-5-11(12(18)16-7)17-13(19)9-4-3-8(15)6-10(9)14(17)20/h3-4,6,11H,1-2,5H2,(H,16,18)/i15-1. The van der Waals surface area contributed by atoms with Crippen molar-refractivity contribution in [2.24, 2.45) is 0 Å². The van der Waals surface area contributed by atoms with E-state index >= 15 is 0 Å². The van der Waals surface area contributed by atoms with E-state index in [2.05, 4.69) is 11.9 Å². The van der Waals surface area contributed by atoms with Gasteiger partial charge in [0.1, 0.15) is 11.9 Å². The molecule has 0 saturated carbocycles. The number of benzene rings is 1. The van der Waals surface area contributed by atoms with Crippen LogP contribution in [0.3, 0.4) is 0 Å². The Morgan fingerprint density at radius 3 is 2.60 bits per heavy atom. The number of nitrogens with zero attached hydrogens (tertiary/aromatic N) is 1. The molecular formula is C14H11FN2O3. The highest BCUT2D eigenvalue weighted by molar-refractivity contribution is 6.22. The van der Waals surface area contributed by atoms with Gasteiger partial charge in [-0.1, -0.05) is 6.58 Å². The van der Waals surface area contributed by atoms with Crippen molar-refractivity contribution in [3.05, 3.63) is 47.4 Å². The molecule has 20 heavy (non-hydrogen) atoms. The molecule has 1 N–H and O–H groups in total. The van der Waals surface area contributed by atoms with Crippen LogP contribution in [-0.2, 0) is 4.79 Å². The summed E-state index contributed by atoms with van der Waals surface area (Å²) in [5.74, 6) is -2.21. The number of amides is 3. The van der Waals surface area contributed by atoms with E-state index in [1.165, 1.54) is 6.07 Å². The molecule has 2 heterocycles. The molecule has 3 rings (SSSR count). The van der Waals surface area contributed by atoms with Gasteiger partial charge in [-0.15, -0.1) is 0 Å². The lowest BCUT2D eigenvalue weighted by atomic mass is 10.0. The van der Waals surface area contributed by atoms with Gasteiger partial charge in [0, 0.05) is 5.70 Å². The predicted octanol–water partition coefficient (Wildman–Crippen LogP) is 1.21. The van der Waals surface area contributed by atoms with Gasteiger partial charge in [-0.25, -0.2) is 4.39 Å². The average molecular weight is 273 g/mol. The zero-order chi connectivity index (χ0) is 14.4. The molecular weight excluding hydrogens is 262 g/mol. The number of carbonyl (C=O) groups excluding carboxylic acids is 3. The lowest BCUT2D eigenvalue weighted by Gasteiger charge is -2.29.